The smallest absolute Gasteiger partial charge is 0.253 e. The van der Waals surface area contributed by atoms with E-state index in [1.807, 2.05) is 15.9 Å². The van der Waals surface area contributed by atoms with E-state index >= 15 is 0 Å². The van der Waals surface area contributed by atoms with Gasteiger partial charge in [0.25, 0.3) is 10.9 Å². The largest absolute Gasteiger partial charge is 0.380 e. The number of amides is 1. The maximum absolute atomic E-state index is 13.1. The fraction of sp³-hybridized carbons (Fsp3) is 0.560. The third-order valence-corrected chi connectivity index (χ3v) is 7.42. The van der Waals surface area contributed by atoms with Crippen LogP contribution in [0.2, 0.25) is 0 Å². The molecule has 0 aromatic heterocycles. The second-order valence-corrected chi connectivity index (χ2v) is 9.36. The molecule has 32 heavy (non-hydrogen) atoms. The number of nitrogens with zero attached hydrogens (tertiary/aromatic N) is 2. The van der Waals surface area contributed by atoms with Gasteiger partial charge >= 0.3 is 0 Å². The van der Waals surface area contributed by atoms with Gasteiger partial charge in [0, 0.05) is 38.6 Å². The summed E-state index contributed by atoms with van der Waals surface area (Å²) in [4.78, 5) is 41.3. The highest BCUT2D eigenvalue weighted by Gasteiger charge is 2.32. The zero-order valence-electron chi connectivity index (χ0n) is 18.5. The van der Waals surface area contributed by atoms with Crippen LogP contribution >= 0.6 is 0 Å². The molecule has 1 amide bonds. The molecule has 5 rings (SSSR count). The minimum atomic E-state index is -0.402. The summed E-state index contributed by atoms with van der Waals surface area (Å²) >= 11 is 0. The fourth-order valence-electron chi connectivity index (χ4n) is 5.43. The molecular weight excluding hydrogens is 406 g/mol. The summed E-state index contributed by atoms with van der Waals surface area (Å²) in [6, 6.07) is 8.41. The van der Waals surface area contributed by atoms with Crippen LogP contribution in [-0.4, -0.2) is 50.2 Å². The van der Waals surface area contributed by atoms with Crippen LogP contribution in [0, 0.1) is 11.8 Å². The standard InChI is InChI=1S/C25H31N3O4/c29-23-21(22(24(23)30)27-11-13-32-14-12-27)26-15-17-5-7-19(8-6-17)25(31)28-10-9-18-3-1-2-4-20(18)16-28/h1-4,17,19,26H,5-16H2. The van der Waals surface area contributed by atoms with Gasteiger partial charge < -0.3 is 19.9 Å². The Bertz CT molecular complexity index is 1040. The molecule has 3 aliphatic rings. The molecule has 1 aliphatic carbocycles. The van der Waals surface area contributed by atoms with E-state index in [1.54, 1.807) is 0 Å². The first-order valence-electron chi connectivity index (χ1n) is 11.9. The van der Waals surface area contributed by atoms with Gasteiger partial charge in [-0.2, -0.15) is 0 Å². The van der Waals surface area contributed by atoms with Gasteiger partial charge in [0.15, 0.2) is 0 Å². The molecule has 170 valence electrons. The molecule has 2 fully saturated rings. The van der Waals surface area contributed by atoms with Crippen molar-refractivity contribution in [3.05, 3.63) is 55.8 Å². The number of nitrogens with one attached hydrogen (secondary N) is 1. The van der Waals surface area contributed by atoms with Gasteiger partial charge in [-0.15, -0.1) is 0 Å². The third-order valence-electron chi connectivity index (χ3n) is 7.42. The highest BCUT2D eigenvalue weighted by Crippen LogP contribution is 2.32. The summed E-state index contributed by atoms with van der Waals surface area (Å²) in [6.45, 7) is 4.68. The monoisotopic (exact) mass is 437 g/mol. The Morgan fingerprint density at radius 1 is 0.969 bits per heavy atom. The number of ether oxygens (including phenoxy) is 1. The molecule has 2 aliphatic heterocycles. The first-order chi connectivity index (χ1) is 15.6. The van der Waals surface area contributed by atoms with Crippen LogP contribution in [0.1, 0.15) is 36.8 Å². The Kier molecular flexibility index (Phi) is 6.00. The van der Waals surface area contributed by atoms with Crippen molar-refractivity contribution in [3.8, 4) is 0 Å². The van der Waals surface area contributed by atoms with Crippen molar-refractivity contribution in [2.75, 3.05) is 49.6 Å². The zero-order valence-corrected chi connectivity index (χ0v) is 18.5. The maximum atomic E-state index is 13.1. The predicted molar refractivity (Wildman–Crippen MR) is 124 cm³/mol. The van der Waals surface area contributed by atoms with E-state index in [0.29, 0.717) is 56.0 Å². The average Bonchev–Trinajstić information content (AvgIpc) is 2.86. The number of carbonyl (C=O) groups excluding carboxylic acids is 1. The number of rotatable bonds is 5. The summed E-state index contributed by atoms with van der Waals surface area (Å²) in [6.07, 6.45) is 4.66. The van der Waals surface area contributed by atoms with Gasteiger partial charge in [-0.3, -0.25) is 14.4 Å². The van der Waals surface area contributed by atoms with Crippen LogP contribution in [0.3, 0.4) is 0 Å². The van der Waals surface area contributed by atoms with Gasteiger partial charge in [-0.25, -0.2) is 0 Å². The molecule has 2 aromatic carbocycles. The molecular formula is C25H31N3O4. The molecule has 1 saturated heterocycles. The van der Waals surface area contributed by atoms with E-state index < -0.39 is 5.43 Å². The van der Waals surface area contributed by atoms with Gasteiger partial charge in [-0.1, -0.05) is 24.3 Å². The molecule has 0 atom stereocenters. The van der Waals surface area contributed by atoms with Gasteiger partial charge in [-0.05, 0) is 49.1 Å². The van der Waals surface area contributed by atoms with E-state index in [2.05, 4.69) is 23.5 Å². The SMILES string of the molecule is O=C(C1CCC(CNc2c(N3CCOCC3)c(=O)c2=O)CC1)N1CCc2ccccc2C1. The molecule has 1 saturated carbocycles. The van der Waals surface area contributed by atoms with E-state index in [0.717, 1.165) is 45.2 Å². The van der Waals surface area contributed by atoms with Crippen molar-refractivity contribution in [2.24, 2.45) is 11.8 Å². The summed E-state index contributed by atoms with van der Waals surface area (Å²) in [7, 11) is 0. The lowest BCUT2D eigenvalue weighted by atomic mass is 9.81. The minimum absolute atomic E-state index is 0.103. The van der Waals surface area contributed by atoms with E-state index in [1.165, 1.54) is 11.1 Å². The summed E-state index contributed by atoms with van der Waals surface area (Å²) in [5, 5.41) is 3.27. The number of carbonyl (C=O) groups is 1. The molecule has 2 heterocycles. The molecule has 1 N–H and O–H groups in total. The first kappa shape index (κ1) is 21.2. The van der Waals surface area contributed by atoms with Crippen LogP contribution < -0.4 is 21.1 Å². The Morgan fingerprint density at radius 2 is 1.69 bits per heavy atom. The van der Waals surface area contributed by atoms with Crippen molar-refractivity contribution in [2.45, 2.75) is 38.6 Å². The molecule has 0 radical (unpaired) electrons. The van der Waals surface area contributed by atoms with E-state index in [-0.39, 0.29) is 11.3 Å². The Balaban J connectivity index is 1.12. The number of hydrogen-bond acceptors (Lipinski definition) is 6. The predicted octanol–water partition coefficient (Wildman–Crippen LogP) is 1.92. The van der Waals surface area contributed by atoms with Crippen molar-refractivity contribution in [1.29, 1.82) is 0 Å². The summed E-state index contributed by atoms with van der Waals surface area (Å²) in [5.74, 6) is 0.817. The van der Waals surface area contributed by atoms with Crippen molar-refractivity contribution in [1.82, 2.24) is 4.90 Å². The van der Waals surface area contributed by atoms with Gasteiger partial charge in [0.05, 0.1) is 13.2 Å². The Hall–Kier alpha value is -2.67. The maximum Gasteiger partial charge on any atom is 0.253 e. The molecule has 7 nitrogen and oxygen atoms in total. The number of hydrogen-bond donors (Lipinski definition) is 1. The zero-order chi connectivity index (χ0) is 22.1. The molecule has 0 bridgehead atoms. The third kappa shape index (κ3) is 4.06. The van der Waals surface area contributed by atoms with Crippen LogP contribution in [0.25, 0.3) is 0 Å². The highest BCUT2D eigenvalue weighted by atomic mass is 16.5. The minimum Gasteiger partial charge on any atom is -0.380 e. The Morgan fingerprint density at radius 3 is 2.44 bits per heavy atom. The number of benzene rings is 1. The van der Waals surface area contributed by atoms with Crippen LogP contribution in [0.4, 0.5) is 11.4 Å². The van der Waals surface area contributed by atoms with Crippen molar-refractivity contribution < 1.29 is 9.53 Å². The fourth-order valence-corrected chi connectivity index (χ4v) is 5.43. The number of anilines is 2. The van der Waals surface area contributed by atoms with Crippen LogP contribution in [0.5, 0.6) is 0 Å². The number of fused-ring (bicyclic) bond motifs is 1. The lowest BCUT2D eigenvalue weighted by molar-refractivity contribution is -0.137. The molecule has 2 aromatic rings. The van der Waals surface area contributed by atoms with E-state index in [4.69, 9.17) is 4.74 Å². The van der Waals surface area contributed by atoms with Crippen LogP contribution in [0.15, 0.2) is 33.9 Å². The summed E-state index contributed by atoms with van der Waals surface area (Å²) in [5.41, 5.74) is 2.86. The normalized spacial score (nSPS) is 23.8. The second kappa shape index (κ2) is 9.06. The number of morpholine rings is 1. The first-order valence-corrected chi connectivity index (χ1v) is 11.9. The highest BCUT2D eigenvalue weighted by molar-refractivity contribution is 5.79. The quantitative estimate of drug-likeness (QED) is 0.720. The second-order valence-electron chi connectivity index (χ2n) is 9.36. The van der Waals surface area contributed by atoms with Crippen molar-refractivity contribution in [3.63, 3.8) is 0 Å². The van der Waals surface area contributed by atoms with Crippen molar-refractivity contribution >= 4 is 17.3 Å². The van der Waals surface area contributed by atoms with Gasteiger partial charge in [0.1, 0.15) is 11.4 Å². The average molecular weight is 438 g/mol. The topological polar surface area (TPSA) is 79.0 Å². The lowest BCUT2D eigenvalue weighted by Crippen LogP contribution is -2.47. The van der Waals surface area contributed by atoms with Gasteiger partial charge in [0.2, 0.25) is 5.91 Å². The van der Waals surface area contributed by atoms with E-state index in [9.17, 15) is 14.4 Å². The molecule has 7 heteroatoms. The Labute approximate surface area is 188 Å². The summed E-state index contributed by atoms with van der Waals surface area (Å²) < 4.78 is 5.35. The lowest BCUT2D eigenvalue weighted by Gasteiger charge is -2.35. The molecule has 0 unspecified atom stereocenters. The van der Waals surface area contributed by atoms with Crippen LogP contribution in [-0.2, 0) is 22.5 Å². The molecule has 0 spiro atoms.